The summed E-state index contributed by atoms with van der Waals surface area (Å²) in [4.78, 5) is 13.6. The minimum Gasteiger partial charge on any atom is -0.444 e. The van der Waals surface area contributed by atoms with E-state index in [1.165, 1.54) is 0 Å². The van der Waals surface area contributed by atoms with E-state index in [4.69, 9.17) is 4.74 Å². The number of aliphatic hydroxyl groups is 2. The maximum absolute atomic E-state index is 12.0. The molecule has 2 aliphatic rings. The summed E-state index contributed by atoms with van der Waals surface area (Å²) in [5.41, 5.74) is -2.08. The maximum Gasteiger partial charge on any atom is 0.410 e. The summed E-state index contributed by atoms with van der Waals surface area (Å²) in [6, 6.07) is 0. The molecule has 0 aliphatic carbocycles. The molecule has 1 atom stereocenters. The molecular weight excluding hydrogens is 248 g/mol. The van der Waals surface area contributed by atoms with Crippen molar-refractivity contribution in [2.75, 3.05) is 32.8 Å². The Morgan fingerprint density at radius 2 is 2.05 bits per heavy atom. The molecule has 0 radical (unpaired) electrons. The lowest BCUT2D eigenvalue weighted by Crippen LogP contribution is -2.70. The average Bonchev–Trinajstić information content (AvgIpc) is 2.69. The molecule has 0 spiro atoms. The Kier molecular flexibility index (Phi) is 3.53. The summed E-state index contributed by atoms with van der Waals surface area (Å²) in [6.45, 7) is 7.14. The van der Waals surface area contributed by atoms with Gasteiger partial charge in [-0.05, 0) is 27.2 Å². The zero-order valence-corrected chi connectivity index (χ0v) is 11.9. The molecule has 19 heavy (non-hydrogen) atoms. The van der Waals surface area contributed by atoms with Crippen molar-refractivity contribution < 1.29 is 19.7 Å². The van der Waals surface area contributed by atoms with Gasteiger partial charge in [-0.2, -0.15) is 0 Å². The van der Waals surface area contributed by atoms with E-state index in [0.29, 0.717) is 32.6 Å². The van der Waals surface area contributed by atoms with Crippen molar-refractivity contribution in [1.82, 2.24) is 10.2 Å². The summed E-state index contributed by atoms with van der Waals surface area (Å²) in [6.07, 6.45) is 0.222. The van der Waals surface area contributed by atoms with Gasteiger partial charge in [-0.15, -0.1) is 0 Å². The SMILES string of the molecule is CC(C)(C)OC(=O)N1CCC(CO)(C2(O)CNC2)C1. The molecule has 3 N–H and O–H groups in total. The van der Waals surface area contributed by atoms with Gasteiger partial charge in [0.05, 0.1) is 12.2 Å². The average molecular weight is 272 g/mol. The van der Waals surface area contributed by atoms with Crippen LogP contribution in [0.5, 0.6) is 0 Å². The molecule has 2 rings (SSSR count). The Hall–Kier alpha value is -0.850. The van der Waals surface area contributed by atoms with E-state index in [0.717, 1.165) is 0 Å². The van der Waals surface area contributed by atoms with Crippen LogP contribution in [-0.4, -0.2) is 65.2 Å². The van der Waals surface area contributed by atoms with Crippen LogP contribution in [0.3, 0.4) is 0 Å². The normalized spacial score (nSPS) is 30.1. The number of β-amino-alcohol motifs (C(OH)–C–C–N with tert-alkyl or cyclic N) is 1. The van der Waals surface area contributed by atoms with E-state index in [-0.39, 0.29) is 12.7 Å². The molecule has 2 saturated heterocycles. The van der Waals surface area contributed by atoms with Gasteiger partial charge in [-0.1, -0.05) is 0 Å². The van der Waals surface area contributed by atoms with Crippen LogP contribution >= 0.6 is 0 Å². The van der Waals surface area contributed by atoms with Crippen molar-refractivity contribution >= 4 is 6.09 Å². The number of carbonyl (C=O) groups is 1. The number of nitrogens with zero attached hydrogens (tertiary/aromatic N) is 1. The first-order chi connectivity index (χ1) is 8.71. The van der Waals surface area contributed by atoms with Crippen LogP contribution in [0.4, 0.5) is 4.79 Å². The lowest BCUT2D eigenvalue weighted by molar-refractivity contribution is -0.134. The number of aliphatic hydroxyl groups excluding tert-OH is 1. The van der Waals surface area contributed by atoms with E-state index in [1.807, 2.05) is 20.8 Å². The zero-order valence-electron chi connectivity index (χ0n) is 11.9. The van der Waals surface area contributed by atoms with Gasteiger partial charge in [0.2, 0.25) is 0 Å². The van der Waals surface area contributed by atoms with E-state index in [2.05, 4.69) is 5.32 Å². The third kappa shape index (κ3) is 2.57. The molecule has 6 nitrogen and oxygen atoms in total. The molecule has 0 aromatic rings. The fourth-order valence-corrected chi connectivity index (χ4v) is 2.75. The lowest BCUT2D eigenvalue weighted by atomic mass is 9.68. The predicted octanol–water partition coefficient (Wildman–Crippen LogP) is -0.0598. The molecule has 0 saturated carbocycles. The van der Waals surface area contributed by atoms with Gasteiger partial charge in [-0.25, -0.2) is 4.79 Å². The summed E-state index contributed by atoms with van der Waals surface area (Å²) in [5.74, 6) is 0. The van der Waals surface area contributed by atoms with Crippen molar-refractivity contribution in [3.63, 3.8) is 0 Å². The van der Waals surface area contributed by atoms with Gasteiger partial charge in [0, 0.05) is 31.6 Å². The highest BCUT2D eigenvalue weighted by molar-refractivity contribution is 5.68. The van der Waals surface area contributed by atoms with Crippen molar-refractivity contribution in [3.8, 4) is 0 Å². The van der Waals surface area contributed by atoms with E-state index in [9.17, 15) is 15.0 Å². The summed E-state index contributed by atoms with van der Waals surface area (Å²) in [5, 5.41) is 23.2. The molecule has 110 valence electrons. The van der Waals surface area contributed by atoms with Crippen LogP contribution in [0, 0.1) is 5.41 Å². The summed E-state index contributed by atoms with van der Waals surface area (Å²) >= 11 is 0. The summed E-state index contributed by atoms with van der Waals surface area (Å²) < 4.78 is 5.33. The molecular formula is C13H24N2O4. The molecule has 2 heterocycles. The smallest absolute Gasteiger partial charge is 0.410 e. The van der Waals surface area contributed by atoms with Gasteiger partial charge in [0.25, 0.3) is 0 Å². The number of nitrogens with one attached hydrogen (secondary N) is 1. The molecule has 0 aromatic carbocycles. The van der Waals surface area contributed by atoms with E-state index < -0.39 is 16.6 Å². The van der Waals surface area contributed by atoms with Crippen molar-refractivity contribution in [3.05, 3.63) is 0 Å². The maximum atomic E-state index is 12.0. The topological polar surface area (TPSA) is 82.0 Å². The highest BCUT2D eigenvalue weighted by Crippen LogP contribution is 2.42. The highest BCUT2D eigenvalue weighted by atomic mass is 16.6. The number of hydrogen-bond donors (Lipinski definition) is 3. The number of ether oxygens (including phenoxy) is 1. The molecule has 0 bridgehead atoms. The van der Waals surface area contributed by atoms with Gasteiger partial charge < -0.3 is 25.2 Å². The minimum absolute atomic E-state index is 0.121. The first-order valence-electron chi connectivity index (χ1n) is 6.73. The Bertz CT molecular complexity index is 362. The van der Waals surface area contributed by atoms with Crippen LogP contribution in [0.25, 0.3) is 0 Å². The number of amides is 1. The van der Waals surface area contributed by atoms with Gasteiger partial charge in [-0.3, -0.25) is 0 Å². The summed E-state index contributed by atoms with van der Waals surface area (Å²) in [7, 11) is 0. The number of hydrogen-bond acceptors (Lipinski definition) is 5. The fraction of sp³-hybridized carbons (Fsp3) is 0.923. The molecule has 2 aliphatic heterocycles. The quantitative estimate of drug-likeness (QED) is 0.656. The van der Waals surface area contributed by atoms with Gasteiger partial charge in [0.1, 0.15) is 5.60 Å². The van der Waals surface area contributed by atoms with Crippen molar-refractivity contribution in [2.24, 2.45) is 5.41 Å². The fourth-order valence-electron chi connectivity index (χ4n) is 2.75. The third-order valence-corrected chi connectivity index (χ3v) is 4.13. The number of rotatable bonds is 2. The lowest BCUT2D eigenvalue weighted by Gasteiger charge is -2.50. The van der Waals surface area contributed by atoms with E-state index in [1.54, 1.807) is 4.90 Å². The Morgan fingerprint density at radius 3 is 2.47 bits per heavy atom. The number of likely N-dealkylation sites (tertiary alicyclic amines) is 1. The Morgan fingerprint density at radius 1 is 1.42 bits per heavy atom. The standard InChI is InChI=1S/C13H24N2O4/c1-11(2,3)19-10(17)15-5-4-12(8-15,9-16)13(18)6-14-7-13/h14,16,18H,4-9H2,1-3H3. The first-order valence-corrected chi connectivity index (χ1v) is 6.73. The molecule has 0 aromatic heterocycles. The van der Waals surface area contributed by atoms with Crippen molar-refractivity contribution in [1.29, 1.82) is 0 Å². The van der Waals surface area contributed by atoms with Crippen LogP contribution < -0.4 is 5.32 Å². The second-order valence-corrected chi connectivity index (χ2v) is 6.73. The number of carbonyl (C=O) groups excluding carboxylic acids is 1. The predicted molar refractivity (Wildman–Crippen MR) is 69.8 cm³/mol. The molecule has 6 heteroatoms. The monoisotopic (exact) mass is 272 g/mol. The Balaban J connectivity index is 2.04. The minimum atomic E-state index is -0.918. The molecule has 2 fully saturated rings. The van der Waals surface area contributed by atoms with Crippen molar-refractivity contribution in [2.45, 2.75) is 38.4 Å². The van der Waals surface area contributed by atoms with Crippen LogP contribution in [-0.2, 0) is 4.74 Å². The third-order valence-electron chi connectivity index (χ3n) is 4.13. The highest BCUT2D eigenvalue weighted by Gasteiger charge is 2.57. The van der Waals surface area contributed by atoms with Crippen LogP contribution in [0.15, 0.2) is 0 Å². The van der Waals surface area contributed by atoms with Gasteiger partial charge >= 0.3 is 6.09 Å². The molecule has 1 unspecified atom stereocenters. The largest absolute Gasteiger partial charge is 0.444 e. The van der Waals surface area contributed by atoms with Gasteiger partial charge in [0.15, 0.2) is 0 Å². The van der Waals surface area contributed by atoms with Crippen LogP contribution in [0.2, 0.25) is 0 Å². The van der Waals surface area contributed by atoms with Crippen LogP contribution in [0.1, 0.15) is 27.2 Å². The first kappa shape index (κ1) is 14.6. The second-order valence-electron chi connectivity index (χ2n) is 6.73. The zero-order chi connectivity index (χ0) is 14.3. The second kappa shape index (κ2) is 4.61. The van der Waals surface area contributed by atoms with E-state index >= 15 is 0 Å². The Labute approximate surface area is 113 Å². The molecule has 1 amide bonds.